The van der Waals surface area contributed by atoms with Gasteiger partial charge < -0.3 is 5.32 Å². The Balaban J connectivity index is 2.42. The lowest BCUT2D eigenvalue weighted by atomic mass is 10.2. The molecule has 0 saturated heterocycles. The Bertz CT molecular complexity index is 297. The van der Waals surface area contributed by atoms with E-state index >= 15 is 0 Å². The van der Waals surface area contributed by atoms with Gasteiger partial charge in [0, 0.05) is 4.88 Å². The first-order chi connectivity index (χ1) is 5.79. The van der Waals surface area contributed by atoms with Crippen LogP contribution in [0.25, 0.3) is 0 Å². The van der Waals surface area contributed by atoms with Gasteiger partial charge in [-0.15, -0.1) is 11.3 Å². The van der Waals surface area contributed by atoms with Crippen molar-refractivity contribution in [1.82, 2.24) is 5.32 Å². The molecule has 1 aliphatic rings. The third-order valence-corrected chi connectivity index (χ3v) is 4.79. The average Bonchev–Trinajstić information content (AvgIpc) is 2.30. The van der Waals surface area contributed by atoms with Crippen molar-refractivity contribution < 1.29 is 0 Å². The van der Waals surface area contributed by atoms with Crippen molar-refractivity contribution in [2.45, 2.75) is 12.8 Å². The Hall–Kier alpha value is 0.430. The topological polar surface area (TPSA) is 12.0 Å². The highest BCUT2D eigenvalue weighted by Gasteiger charge is 2.16. The van der Waals surface area contributed by atoms with E-state index in [4.69, 9.17) is 11.6 Å². The lowest BCUT2D eigenvalue weighted by Crippen LogP contribution is -2.16. The molecule has 0 atom stereocenters. The van der Waals surface area contributed by atoms with E-state index in [-0.39, 0.29) is 0 Å². The zero-order chi connectivity index (χ0) is 8.55. The number of hydrogen-bond acceptors (Lipinski definition) is 2. The van der Waals surface area contributed by atoms with Crippen LogP contribution in [-0.2, 0) is 12.8 Å². The van der Waals surface area contributed by atoms with Crippen LogP contribution < -0.4 is 5.32 Å². The summed E-state index contributed by atoms with van der Waals surface area (Å²) in [7, 11) is 0. The van der Waals surface area contributed by atoms with E-state index in [1.807, 2.05) is 0 Å². The maximum atomic E-state index is 6.14. The number of thiophene rings is 1. The van der Waals surface area contributed by atoms with Crippen molar-refractivity contribution >= 4 is 38.9 Å². The molecule has 0 aliphatic carbocycles. The second kappa shape index (κ2) is 3.66. The number of rotatable bonds is 0. The fourth-order valence-electron chi connectivity index (χ4n) is 1.45. The largest absolute Gasteiger partial charge is 0.316 e. The number of hydrogen-bond donors (Lipinski definition) is 1. The van der Waals surface area contributed by atoms with Crippen molar-refractivity contribution in [3.8, 4) is 0 Å². The van der Waals surface area contributed by atoms with Crippen LogP contribution >= 0.6 is 38.9 Å². The molecule has 1 N–H and O–H groups in total. The van der Waals surface area contributed by atoms with Crippen LogP contribution in [-0.4, -0.2) is 13.1 Å². The molecule has 0 bridgehead atoms. The number of halogens is 2. The predicted octanol–water partition coefficient (Wildman–Crippen LogP) is 2.85. The quantitative estimate of drug-likeness (QED) is 0.761. The molecule has 0 amide bonds. The maximum Gasteiger partial charge on any atom is 0.0890 e. The van der Waals surface area contributed by atoms with Gasteiger partial charge in [-0.2, -0.15) is 0 Å². The molecule has 2 heterocycles. The summed E-state index contributed by atoms with van der Waals surface area (Å²) < 4.78 is 1.09. The SMILES string of the molecule is Clc1c(Br)sc2c1CCNCC2. The lowest BCUT2D eigenvalue weighted by molar-refractivity contribution is 0.712. The molecule has 0 saturated carbocycles. The van der Waals surface area contributed by atoms with Crippen molar-refractivity contribution in [3.05, 3.63) is 19.2 Å². The van der Waals surface area contributed by atoms with Gasteiger partial charge in [0.15, 0.2) is 0 Å². The zero-order valence-corrected chi connectivity index (χ0v) is 9.65. The molecule has 0 fully saturated rings. The summed E-state index contributed by atoms with van der Waals surface area (Å²) in [5.74, 6) is 0. The van der Waals surface area contributed by atoms with Crippen molar-refractivity contribution in [1.29, 1.82) is 0 Å². The molecule has 0 radical (unpaired) electrons. The van der Waals surface area contributed by atoms with Crippen LogP contribution in [0, 0.1) is 0 Å². The second-order valence-electron chi connectivity index (χ2n) is 2.84. The molecule has 1 aromatic heterocycles. The highest BCUT2D eigenvalue weighted by Crippen LogP contribution is 2.38. The first-order valence-corrected chi connectivity index (χ1v) is 5.94. The highest BCUT2D eigenvalue weighted by molar-refractivity contribution is 9.11. The second-order valence-corrected chi connectivity index (χ2v) is 5.64. The zero-order valence-electron chi connectivity index (χ0n) is 6.49. The van der Waals surface area contributed by atoms with Crippen LogP contribution in [0.1, 0.15) is 10.4 Å². The summed E-state index contributed by atoms with van der Waals surface area (Å²) in [6.07, 6.45) is 2.18. The minimum absolute atomic E-state index is 0.929. The van der Waals surface area contributed by atoms with E-state index in [1.54, 1.807) is 11.3 Å². The maximum absolute atomic E-state index is 6.14. The molecular weight excluding hydrogens is 258 g/mol. The Morgan fingerprint density at radius 2 is 2.08 bits per heavy atom. The minimum Gasteiger partial charge on any atom is -0.316 e. The van der Waals surface area contributed by atoms with Gasteiger partial charge in [0.25, 0.3) is 0 Å². The normalized spacial score (nSPS) is 17.2. The Kier molecular flexibility index (Phi) is 2.75. The van der Waals surface area contributed by atoms with E-state index in [0.29, 0.717) is 0 Å². The third kappa shape index (κ3) is 1.55. The Morgan fingerprint density at radius 3 is 2.92 bits per heavy atom. The standard InChI is InChI=1S/C8H9BrClNS/c9-8-7(10)5-1-3-11-4-2-6(5)12-8/h11H,1-4H2. The van der Waals surface area contributed by atoms with E-state index in [1.165, 1.54) is 10.4 Å². The highest BCUT2D eigenvalue weighted by atomic mass is 79.9. The number of nitrogens with one attached hydrogen (secondary N) is 1. The molecule has 2 rings (SSSR count). The fourth-order valence-corrected chi connectivity index (χ4v) is 3.61. The van der Waals surface area contributed by atoms with E-state index in [9.17, 15) is 0 Å². The summed E-state index contributed by atoms with van der Waals surface area (Å²) in [6.45, 7) is 2.13. The van der Waals surface area contributed by atoms with Crippen LogP contribution in [0.15, 0.2) is 3.79 Å². The smallest absolute Gasteiger partial charge is 0.0890 e. The Labute approximate surface area is 89.2 Å². The van der Waals surface area contributed by atoms with Crippen molar-refractivity contribution in [3.63, 3.8) is 0 Å². The first-order valence-electron chi connectivity index (χ1n) is 3.95. The van der Waals surface area contributed by atoms with Crippen LogP contribution in [0.2, 0.25) is 5.02 Å². The fraction of sp³-hybridized carbons (Fsp3) is 0.500. The molecule has 66 valence electrons. The average molecular weight is 267 g/mol. The van der Waals surface area contributed by atoms with Gasteiger partial charge in [0.1, 0.15) is 0 Å². The van der Waals surface area contributed by atoms with Gasteiger partial charge in [-0.25, -0.2) is 0 Å². The Morgan fingerprint density at radius 1 is 1.33 bits per heavy atom. The van der Waals surface area contributed by atoms with Crippen LogP contribution in [0.4, 0.5) is 0 Å². The van der Waals surface area contributed by atoms with Gasteiger partial charge >= 0.3 is 0 Å². The lowest BCUT2D eigenvalue weighted by Gasteiger charge is -1.96. The molecule has 0 aromatic carbocycles. The first kappa shape index (κ1) is 9.00. The van der Waals surface area contributed by atoms with Crippen LogP contribution in [0.3, 0.4) is 0 Å². The summed E-state index contributed by atoms with van der Waals surface area (Å²) >= 11 is 11.4. The van der Waals surface area contributed by atoms with Gasteiger partial charge in [-0.05, 0) is 47.4 Å². The van der Waals surface area contributed by atoms with E-state index in [0.717, 1.165) is 34.7 Å². The van der Waals surface area contributed by atoms with Crippen molar-refractivity contribution in [2.75, 3.05) is 13.1 Å². The predicted molar refractivity (Wildman–Crippen MR) is 57.3 cm³/mol. The summed E-state index contributed by atoms with van der Waals surface area (Å²) in [6, 6.07) is 0. The van der Waals surface area contributed by atoms with Gasteiger partial charge in [-0.3, -0.25) is 0 Å². The molecule has 4 heteroatoms. The summed E-state index contributed by atoms with van der Waals surface area (Å²) in [5, 5.41) is 4.29. The summed E-state index contributed by atoms with van der Waals surface area (Å²) in [5.41, 5.74) is 1.35. The molecule has 12 heavy (non-hydrogen) atoms. The minimum atomic E-state index is 0.929. The number of fused-ring (bicyclic) bond motifs is 1. The van der Waals surface area contributed by atoms with E-state index < -0.39 is 0 Å². The third-order valence-electron chi connectivity index (χ3n) is 2.07. The molecular formula is C8H9BrClNS. The van der Waals surface area contributed by atoms with E-state index in [2.05, 4.69) is 21.2 Å². The molecule has 1 nitrogen and oxygen atoms in total. The van der Waals surface area contributed by atoms with Crippen LogP contribution in [0.5, 0.6) is 0 Å². The molecule has 0 spiro atoms. The monoisotopic (exact) mass is 265 g/mol. The molecule has 0 unspecified atom stereocenters. The van der Waals surface area contributed by atoms with Gasteiger partial charge in [-0.1, -0.05) is 11.6 Å². The molecule has 1 aromatic rings. The van der Waals surface area contributed by atoms with Crippen molar-refractivity contribution in [2.24, 2.45) is 0 Å². The summed E-state index contributed by atoms with van der Waals surface area (Å²) in [4.78, 5) is 1.44. The van der Waals surface area contributed by atoms with Gasteiger partial charge in [0.2, 0.25) is 0 Å². The molecule has 1 aliphatic heterocycles. The van der Waals surface area contributed by atoms with Gasteiger partial charge in [0.05, 0.1) is 8.81 Å².